The first-order valence-electron chi connectivity index (χ1n) is 6.35. The molecular formula is C15H18N2OS2. The second kappa shape index (κ2) is 6.92. The number of hydrogen-bond acceptors (Lipinski definition) is 4. The van der Waals surface area contributed by atoms with Gasteiger partial charge in [0, 0.05) is 9.77 Å². The van der Waals surface area contributed by atoms with Crippen LogP contribution in [0.1, 0.15) is 29.4 Å². The lowest BCUT2D eigenvalue weighted by Gasteiger charge is -2.17. The summed E-state index contributed by atoms with van der Waals surface area (Å²) in [6.07, 6.45) is 2.04. The molecule has 0 aliphatic rings. The van der Waals surface area contributed by atoms with Crippen molar-refractivity contribution in [3.63, 3.8) is 0 Å². The first kappa shape index (κ1) is 15.1. The van der Waals surface area contributed by atoms with E-state index in [0.717, 1.165) is 10.4 Å². The number of carbonyl (C=O) groups excluding carboxylic acids is 1. The van der Waals surface area contributed by atoms with E-state index in [4.69, 9.17) is 5.73 Å². The highest BCUT2D eigenvalue weighted by molar-refractivity contribution is 7.98. The molecular weight excluding hydrogens is 288 g/mol. The van der Waals surface area contributed by atoms with Crippen molar-refractivity contribution in [3.8, 4) is 0 Å². The van der Waals surface area contributed by atoms with Gasteiger partial charge >= 0.3 is 0 Å². The third-order valence-electron chi connectivity index (χ3n) is 3.11. The van der Waals surface area contributed by atoms with Crippen LogP contribution in [0.25, 0.3) is 0 Å². The van der Waals surface area contributed by atoms with Crippen molar-refractivity contribution >= 4 is 29.0 Å². The van der Waals surface area contributed by atoms with Crippen LogP contribution in [-0.2, 0) is 4.79 Å². The Kier molecular flexibility index (Phi) is 5.23. The van der Waals surface area contributed by atoms with E-state index in [0.29, 0.717) is 0 Å². The maximum Gasteiger partial charge on any atom is 0.242 e. The van der Waals surface area contributed by atoms with E-state index in [-0.39, 0.29) is 11.9 Å². The molecule has 3 nitrogen and oxygen atoms in total. The molecule has 2 atom stereocenters. The smallest absolute Gasteiger partial charge is 0.242 e. The predicted molar refractivity (Wildman–Crippen MR) is 86.0 cm³/mol. The molecule has 5 heteroatoms. The Bertz CT molecular complexity index is 552. The Morgan fingerprint density at radius 2 is 2.00 bits per heavy atom. The highest BCUT2D eigenvalue weighted by Gasteiger charge is 2.18. The summed E-state index contributed by atoms with van der Waals surface area (Å²) >= 11 is 3.20. The standard InChI is InChI=1S/C15H18N2OS2/c1-10(11-5-7-12(19-2)8-6-11)17-15(18)14(16)13-4-3-9-20-13/h3-10,14H,16H2,1-2H3,(H,17,18). The van der Waals surface area contributed by atoms with E-state index in [2.05, 4.69) is 17.4 Å². The van der Waals surface area contributed by atoms with E-state index in [1.807, 2.05) is 42.8 Å². The molecule has 2 aromatic rings. The number of hydrogen-bond donors (Lipinski definition) is 2. The van der Waals surface area contributed by atoms with Crippen LogP contribution in [0, 0.1) is 0 Å². The third-order valence-corrected chi connectivity index (χ3v) is 4.81. The van der Waals surface area contributed by atoms with E-state index < -0.39 is 6.04 Å². The van der Waals surface area contributed by atoms with Gasteiger partial charge < -0.3 is 11.1 Å². The minimum atomic E-state index is -0.595. The minimum absolute atomic E-state index is 0.0515. The van der Waals surface area contributed by atoms with Crippen LogP contribution in [0.2, 0.25) is 0 Å². The van der Waals surface area contributed by atoms with Gasteiger partial charge in [0.1, 0.15) is 6.04 Å². The predicted octanol–water partition coefficient (Wildman–Crippen LogP) is 3.35. The van der Waals surface area contributed by atoms with Crippen molar-refractivity contribution in [2.75, 3.05) is 6.26 Å². The van der Waals surface area contributed by atoms with Gasteiger partial charge in [-0.2, -0.15) is 0 Å². The van der Waals surface area contributed by atoms with Gasteiger partial charge in [-0.15, -0.1) is 23.1 Å². The molecule has 106 valence electrons. The molecule has 1 amide bonds. The molecule has 0 bridgehead atoms. The Labute approximate surface area is 127 Å². The highest BCUT2D eigenvalue weighted by atomic mass is 32.2. The van der Waals surface area contributed by atoms with Crippen molar-refractivity contribution < 1.29 is 4.79 Å². The molecule has 1 aromatic heterocycles. The van der Waals surface area contributed by atoms with E-state index in [9.17, 15) is 4.79 Å². The number of nitrogens with two attached hydrogens (primary N) is 1. The van der Waals surface area contributed by atoms with Crippen LogP contribution in [0.3, 0.4) is 0 Å². The number of amides is 1. The van der Waals surface area contributed by atoms with Crippen molar-refractivity contribution in [1.82, 2.24) is 5.32 Å². The van der Waals surface area contributed by atoms with Crippen LogP contribution < -0.4 is 11.1 Å². The van der Waals surface area contributed by atoms with E-state index >= 15 is 0 Å². The topological polar surface area (TPSA) is 55.1 Å². The average molecular weight is 306 g/mol. The fourth-order valence-electron chi connectivity index (χ4n) is 1.88. The molecule has 2 rings (SSSR count). The fourth-order valence-corrected chi connectivity index (χ4v) is 3.01. The fraction of sp³-hybridized carbons (Fsp3) is 0.267. The molecule has 0 saturated carbocycles. The average Bonchev–Trinajstić information content (AvgIpc) is 3.00. The Balaban J connectivity index is 1.99. The van der Waals surface area contributed by atoms with E-state index in [1.54, 1.807) is 11.8 Å². The molecule has 0 saturated heterocycles. The molecule has 0 fully saturated rings. The summed E-state index contributed by atoms with van der Waals surface area (Å²) < 4.78 is 0. The van der Waals surface area contributed by atoms with Gasteiger partial charge in [-0.1, -0.05) is 18.2 Å². The van der Waals surface area contributed by atoms with Crippen LogP contribution >= 0.6 is 23.1 Å². The molecule has 0 aliphatic carbocycles. The summed E-state index contributed by atoms with van der Waals surface area (Å²) in [5, 5.41) is 4.88. The largest absolute Gasteiger partial charge is 0.348 e. The first-order chi connectivity index (χ1) is 9.61. The maximum absolute atomic E-state index is 12.1. The van der Waals surface area contributed by atoms with Crippen molar-refractivity contribution in [1.29, 1.82) is 0 Å². The van der Waals surface area contributed by atoms with Crippen LogP contribution in [-0.4, -0.2) is 12.2 Å². The molecule has 0 spiro atoms. The zero-order chi connectivity index (χ0) is 14.5. The minimum Gasteiger partial charge on any atom is -0.348 e. The summed E-state index contributed by atoms with van der Waals surface area (Å²) in [5.74, 6) is -0.145. The van der Waals surface area contributed by atoms with Gasteiger partial charge in [0.25, 0.3) is 0 Å². The molecule has 0 aliphatic heterocycles. The first-order valence-corrected chi connectivity index (χ1v) is 8.45. The monoisotopic (exact) mass is 306 g/mol. The SMILES string of the molecule is CSc1ccc(C(C)NC(=O)C(N)c2cccs2)cc1. The second-order valence-electron chi connectivity index (χ2n) is 4.50. The van der Waals surface area contributed by atoms with Crippen LogP contribution in [0.5, 0.6) is 0 Å². The number of rotatable bonds is 5. The Morgan fingerprint density at radius 3 is 2.55 bits per heavy atom. The second-order valence-corrected chi connectivity index (χ2v) is 6.36. The highest BCUT2D eigenvalue weighted by Crippen LogP contribution is 2.21. The normalized spacial score (nSPS) is 13.8. The van der Waals surface area contributed by atoms with Gasteiger partial charge in [0.2, 0.25) is 5.91 Å². The van der Waals surface area contributed by atoms with Gasteiger partial charge in [0.15, 0.2) is 0 Å². The zero-order valence-corrected chi connectivity index (χ0v) is 13.1. The quantitative estimate of drug-likeness (QED) is 0.833. The number of thiophene rings is 1. The van der Waals surface area contributed by atoms with Crippen LogP contribution in [0.15, 0.2) is 46.7 Å². The molecule has 3 N–H and O–H groups in total. The number of nitrogens with one attached hydrogen (secondary N) is 1. The summed E-state index contributed by atoms with van der Waals surface area (Å²) in [7, 11) is 0. The van der Waals surface area contributed by atoms with E-state index in [1.165, 1.54) is 16.2 Å². The lowest BCUT2D eigenvalue weighted by atomic mass is 10.1. The number of thioether (sulfide) groups is 1. The van der Waals surface area contributed by atoms with Gasteiger partial charge in [0.05, 0.1) is 6.04 Å². The lowest BCUT2D eigenvalue weighted by Crippen LogP contribution is -2.35. The summed E-state index contributed by atoms with van der Waals surface area (Å²) in [5.41, 5.74) is 7.03. The number of benzene rings is 1. The molecule has 1 aromatic carbocycles. The zero-order valence-electron chi connectivity index (χ0n) is 11.5. The number of carbonyl (C=O) groups is 1. The van der Waals surface area contributed by atoms with Crippen molar-refractivity contribution in [2.45, 2.75) is 23.9 Å². The molecule has 0 radical (unpaired) electrons. The third kappa shape index (κ3) is 3.62. The molecule has 1 heterocycles. The summed E-state index contributed by atoms with van der Waals surface area (Å²) in [6.45, 7) is 1.97. The Hall–Kier alpha value is -1.30. The van der Waals surface area contributed by atoms with Crippen molar-refractivity contribution in [3.05, 3.63) is 52.2 Å². The van der Waals surface area contributed by atoms with Gasteiger partial charge in [-0.25, -0.2) is 0 Å². The molecule has 2 unspecified atom stereocenters. The van der Waals surface area contributed by atoms with Crippen molar-refractivity contribution in [2.24, 2.45) is 5.73 Å². The maximum atomic E-state index is 12.1. The Morgan fingerprint density at radius 1 is 1.30 bits per heavy atom. The van der Waals surface area contributed by atoms with Gasteiger partial charge in [-0.05, 0) is 42.3 Å². The summed E-state index contributed by atoms with van der Waals surface area (Å²) in [4.78, 5) is 14.2. The van der Waals surface area contributed by atoms with Gasteiger partial charge in [-0.3, -0.25) is 4.79 Å². The lowest BCUT2D eigenvalue weighted by molar-refractivity contribution is -0.123. The molecule has 20 heavy (non-hydrogen) atoms. The van der Waals surface area contributed by atoms with Crippen LogP contribution in [0.4, 0.5) is 0 Å². The summed E-state index contributed by atoms with van der Waals surface area (Å²) in [6, 6.07) is 11.3.